The van der Waals surface area contributed by atoms with Crippen LogP contribution >= 0.6 is 15.9 Å². The van der Waals surface area contributed by atoms with E-state index < -0.39 is 17.7 Å². The van der Waals surface area contributed by atoms with Crippen LogP contribution in [0.2, 0.25) is 0 Å². The van der Waals surface area contributed by atoms with Gasteiger partial charge in [-0.25, -0.2) is 9.78 Å². The van der Waals surface area contributed by atoms with E-state index >= 15 is 0 Å². The summed E-state index contributed by atoms with van der Waals surface area (Å²) in [5.74, 6) is 0.865. The van der Waals surface area contributed by atoms with Crippen LogP contribution in [0.4, 0.5) is 16.3 Å². The molecule has 2 fully saturated rings. The van der Waals surface area contributed by atoms with Crippen molar-refractivity contribution in [1.29, 1.82) is 0 Å². The van der Waals surface area contributed by atoms with Crippen LogP contribution in [0.15, 0.2) is 39.2 Å². The number of ether oxygens (including phenoxy) is 1. The molecule has 2 aromatic heterocycles. The molecule has 0 bridgehead atoms. The number of carbonyl (C=O) groups is 2. The van der Waals surface area contributed by atoms with Crippen molar-refractivity contribution in [1.82, 2.24) is 20.5 Å². The van der Waals surface area contributed by atoms with Crippen LogP contribution in [0.3, 0.4) is 0 Å². The number of anilines is 2. The molecule has 1 unspecified atom stereocenters. The zero-order valence-corrected chi connectivity index (χ0v) is 26.7. The molecule has 230 valence electrons. The Kier molecular flexibility index (Phi) is 9.24. The number of aryl methyl sites for hydroxylation is 1. The van der Waals surface area contributed by atoms with Gasteiger partial charge >= 0.3 is 12.1 Å². The average Bonchev–Trinajstić information content (AvgIpc) is 3.45. The number of piperidine rings is 2. The monoisotopic (exact) mass is 654 g/mol. The van der Waals surface area contributed by atoms with Gasteiger partial charge in [0.2, 0.25) is 11.8 Å². The minimum absolute atomic E-state index is 0.276. The Labute approximate surface area is 260 Å². The number of pyridine rings is 1. The van der Waals surface area contributed by atoms with Crippen LogP contribution in [0.5, 0.6) is 0 Å². The van der Waals surface area contributed by atoms with Crippen molar-refractivity contribution in [2.75, 3.05) is 42.5 Å². The number of carboxylic acid groups (broad SMARTS) is 1. The maximum atomic E-state index is 12.2. The molecule has 2 aliphatic rings. The van der Waals surface area contributed by atoms with Crippen molar-refractivity contribution in [3.8, 4) is 22.9 Å². The predicted octanol–water partition coefficient (Wildman–Crippen LogP) is 5.91. The van der Waals surface area contributed by atoms with E-state index in [1.54, 1.807) is 0 Å². The molecule has 2 saturated heterocycles. The first-order valence-electron chi connectivity index (χ1n) is 14.8. The van der Waals surface area contributed by atoms with E-state index in [-0.39, 0.29) is 11.8 Å². The van der Waals surface area contributed by atoms with Crippen LogP contribution in [0.1, 0.15) is 52.1 Å². The van der Waals surface area contributed by atoms with E-state index in [1.165, 1.54) is 0 Å². The molecule has 2 N–H and O–H groups in total. The molecule has 43 heavy (non-hydrogen) atoms. The number of halogens is 1. The largest absolute Gasteiger partial charge is 0.481 e. The zero-order valence-electron chi connectivity index (χ0n) is 25.1. The summed E-state index contributed by atoms with van der Waals surface area (Å²) in [5.41, 5.74) is 2.83. The number of carbonyl (C=O) groups excluding carboxylic acids is 1. The van der Waals surface area contributed by atoms with Crippen LogP contribution in [0.25, 0.3) is 22.9 Å². The fourth-order valence-electron chi connectivity index (χ4n) is 5.68. The minimum Gasteiger partial charge on any atom is -0.481 e. The number of aromatic nitrogens is 3. The molecule has 0 saturated carbocycles. The SMILES string of the molecule is Cc1cc(-c2nnc(-c3ccc(Br)cc3N3CCC(C(=O)O)CC3)o2)cc(N2CCCC(CNC(=O)OC(C)(C)C)C2)n1. The second-order valence-corrected chi connectivity index (χ2v) is 13.3. The van der Waals surface area contributed by atoms with Gasteiger partial charge in [-0.2, -0.15) is 0 Å². The first-order chi connectivity index (χ1) is 20.4. The standard InChI is InChI=1S/C31H39BrN6O5/c1-19-14-22(15-26(34-19)38-11-5-6-20(18-38)17-33-30(41)43-31(2,3)4)27-35-36-28(42-27)24-8-7-23(32)16-25(24)37-12-9-21(10-13-37)29(39)40/h7-8,14-16,20-21H,5-6,9-13,17-18H2,1-4H3,(H,33,41)(H,39,40). The van der Waals surface area contributed by atoms with Gasteiger partial charge in [0.15, 0.2) is 0 Å². The van der Waals surface area contributed by atoms with Gasteiger partial charge in [-0.3, -0.25) is 4.79 Å². The molecule has 12 heteroatoms. The summed E-state index contributed by atoms with van der Waals surface area (Å²) >= 11 is 3.57. The second kappa shape index (κ2) is 12.9. The Bertz CT molecular complexity index is 1460. The molecule has 1 aromatic carbocycles. The normalized spacial score (nSPS) is 18.0. The predicted molar refractivity (Wildman–Crippen MR) is 167 cm³/mol. The third-order valence-electron chi connectivity index (χ3n) is 7.76. The third-order valence-corrected chi connectivity index (χ3v) is 8.26. The summed E-state index contributed by atoms with van der Waals surface area (Å²) in [6.07, 6.45) is 2.79. The van der Waals surface area contributed by atoms with E-state index in [4.69, 9.17) is 14.1 Å². The maximum absolute atomic E-state index is 12.2. The second-order valence-electron chi connectivity index (χ2n) is 12.4. The zero-order chi connectivity index (χ0) is 30.7. The van der Waals surface area contributed by atoms with Crippen LogP contribution in [0, 0.1) is 18.8 Å². The van der Waals surface area contributed by atoms with Crippen LogP contribution < -0.4 is 15.1 Å². The number of alkyl carbamates (subject to hydrolysis) is 1. The molecule has 0 spiro atoms. The Hall–Kier alpha value is -3.67. The quantitative estimate of drug-likeness (QED) is 0.316. The Morgan fingerprint density at radius 2 is 1.81 bits per heavy atom. The Morgan fingerprint density at radius 1 is 1.07 bits per heavy atom. The van der Waals surface area contributed by atoms with Crippen molar-refractivity contribution in [3.63, 3.8) is 0 Å². The summed E-state index contributed by atoms with van der Waals surface area (Å²) in [6, 6.07) is 9.81. The van der Waals surface area contributed by atoms with Gasteiger partial charge < -0.3 is 29.4 Å². The average molecular weight is 656 g/mol. The molecule has 0 radical (unpaired) electrons. The Balaban J connectivity index is 1.31. The molecular weight excluding hydrogens is 616 g/mol. The lowest BCUT2D eigenvalue weighted by atomic mass is 9.96. The number of nitrogens with zero attached hydrogens (tertiary/aromatic N) is 5. The fourth-order valence-corrected chi connectivity index (χ4v) is 6.03. The van der Waals surface area contributed by atoms with Crippen molar-refractivity contribution < 1.29 is 23.8 Å². The van der Waals surface area contributed by atoms with Gasteiger partial charge in [0.05, 0.1) is 17.2 Å². The molecule has 1 amide bonds. The number of carboxylic acids is 1. The molecule has 0 aliphatic carbocycles. The van der Waals surface area contributed by atoms with E-state index in [9.17, 15) is 14.7 Å². The first-order valence-corrected chi connectivity index (χ1v) is 15.6. The summed E-state index contributed by atoms with van der Waals surface area (Å²) < 4.78 is 12.6. The summed E-state index contributed by atoms with van der Waals surface area (Å²) in [6.45, 7) is 11.0. The fraction of sp³-hybridized carbons (Fsp3) is 0.516. The van der Waals surface area contributed by atoms with Gasteiger partial charge in [-0.05, 0) is 89.6 Å². The number of nitrogens with one attached hydrogen (secondary N) is 1. The van der Waals surface area contributed by atoms with Gasteiger partial charge in [0, 0.05) is 48.5 Å². The molecule has 2 aliphatic heterocycles. The van der Waals surface area contributed by atoms with E-state index in [2.05, 4.69) is 41.2 Å². The van der Waals surface area contributed by atoms with Gasteiger partial charge in [0.25, 0.3) is 0 Å². The van der Waals surface area contributed by atoms with Crippen molar-refractivity contribution in [2.24, 2.45) is 11.8 Å². The number of amides is 1. The van der Waals surface area contributed by atoms with Crippen LogP contribution in [-0.2, 0) is 9.53 Å². The highest BCUT2D eigenvalue weighted by Crippen LogP contribution is 2.37. The van der Waals surface area contributed by atoms with Gasteiger partial charge in [-0.15, -0.1) is 10.2 Å². The van der Waals surface area contributed by atoms with Gasteiger partial charge in [-0.1, -0.05) is 15.9 Å². The molecule has 11 nitrogen and oxygen atoms in total. The highest BCUT2D eigenvalue weighted by Gasteiger charge is 2.28. The van der Waals surface area contributed by atoms with Crippen molar-refractivity contribution in [3.05, 3.63) is 40.5 Å². The first kappa shape index (κ1) is 30.8. The lowest BCUT2D eigenvalue weighted by Crippen LogP contribution is -2.42. The highest BCUT2D eigenvalue weighted by atomic mass is 79.9. The van der Waals surface area contributed by atoms with E-state index in [0.29, 0.717) is 44.3 Å². The number of aliphatic carboxylic acids is 1. The highest BCUT2D eigenvalue weighted by molar-refractivity contribution is 9.10. The number of rotatable bonds is 7. The molecule has 5 rings (SSSR count). The number of hydrogen-bond donors (Lipinski definition) is 2. The molecular formula is C31H39BrN6O5. The maximum Gasteiger partial charge on any atom is 0.407 e. The summed E-state index contributed by atoms with van der Waals surface area (Å²) in [4.78, 5) is 32.8. The smallest absolute Gasteiger partial charge is 0.407 e. The van der Waals surface area contributed by atoms with Crippen molar-refractivity contribution in [2.45, 2.75) is 59.0 Å². The number of hydrogen-bond acceptors (Lipinski definition) is 9. The third kappa shape index (κ3) is 7.84. The summed E-state index contributed by atoms with van der Waals surface area (Å²) in [7, 11) is 0. The topological polar surface area (TPSA) is 134 Å². The summed E-state index contributed by atoms with van der Waals surface area (Å²) in [5, 5.41) is 21.1. The van der Waals surface area contributed by atoms with Gasteiger partial charge in [0.1, 0.15) is 11.4 Å². The lowest BCUT2D eigenvalue weighted by Gasteiger charge is -2.34. The number of benzene rings is 1. The van der Waals surface area contributed by atoms with Crippen molar-refractivity contribution >= 4 is 39.5 Å². The van der Waals surface area contributed by atoms with E-state index in [1.807, 2.05) is 58.0 Å². The Morgan fingerprint density at radius 3 is 2.53 bits per heavy atom. The molecule has 4 heterocycles. The van der Waals surface area contributed by atoms with Crippen LogP contribution in [-0.4, -0.2) is 70.7 Å². The van der Waals surface area contributed by atoms with E-state index in [0.717, 1.165) is 58.7 Å². The lowest BCUT2D eigenvalue weighted by molar-refractivity contribution is -0.142. The molecule has 1 atom stereocenters. The minimum atomic E-state index is -0.736. The molecule has 3 aromatic rings.